The number of aromatic nitrogens is 2. The van der Waals surface area contributed by atoms with Gasteiger partial charge in [0, 0.05) is 11.6 Å². The molecule has 21 heavy (non-hydrogen) atoms. The molecule has 108 valence electrons. The lowest BCUT2D eigenvalue weighted by molar-refractivity contribution is 0.0958. The molecule has 0 unspecified atom stereocenters. The van der Waals surface area contributed by atoms with E-state index >= 15 is 0 Å². The molecule has 0 aliphatic heterocycles. The molecule has 1 fully saturated rings. The Morgan fingerprint density at radius 2 is 2.19 bits per heavy atom. The van der Waals surface area contributed by atoms with Crippen molar-refractivity contribution in [3.8, 4) is 6.07 Å². The first-order valence-electron chi connectivity index (χ1n) is 7.10. The fraction of sp³-hybridized carbons (Fsp3) is 0.400. The molecule has 2 N–H and O–H groups in total. The molecule has 6 heteroatoms. The maximum Gasteiger partial charge on any atom is 0.326 e. The molecule has 1 aromatic heterocycles. The highest BCUT2D eigenvalue weighted by atomic mass is 16.2. The molecular formula is C15H16N4O2. The first-order valence-corrected chi connectivity index (χ1v) is 7.10. The first-order chi connectivity index (χ1) is 10.2. The van der Waals surface area contributed by atoms with Gasteiger partial charge in [-0.2, -0.15) is 5.26 Å². The zero-order valence-corrected chi connectivity index (χ0v) is 11.6. The van der Waals surface area contributed by atoms with Gasteiger partial charge in [-0.25, -0.2) is 4.79 Å². The smallest absolute Gasteiger partial charge is 0.326 e. The van der Waals surface area contributed by atoms with Crippen molar-refractivity contribution in [2.24, 2.45) is 0 Å². The van der Waals surface area contributed by atoms with E-state index in [1.54, 1.807) is 22.8 Å². The molecular weight excluding hydrogens is 268 g/mol. The summed E-state index contributed by atoms with van der Waals surface area (Å²) < 4.78 is 1.80. The SMILES string of the molecule is N#CCNC(=O)c1ccc2c(c1)[nH]c(=O)n2C1CCCC1. The summed E-state index contributed by atoms with van der Waals surface area (Å²) >= 11 is 0. The maximum absolute atomic E-state index is 12.1. The van der Waals surface area contributed by atoms with E-state index in [2.05, 4.69) is 10.3 Å². The zero-order valence-electron chi connectivity index (χ0n) is 11.6. The van der Waals surface area contributed by atoms with Gasteiger partial charge < -0.3 is 10.3 Å². The Bertz CT molecular complexity index is 775. The lowest BCUT2D eigenvalue weighted by atomic mass is 10.1. The van der Waals surface area contributed by atoms with Gasteiger partial charge in [-0.3, -0.25) is 9.36 Å². The van der Waals surface area contributed by atoms with Crippen molar-refractivity contribution in [1.29, 1.82) is 5.26 Å². The van der Waals surface area contributed by atoms with Crippen molar-refractivity contribution in [3.05, 3.63) is 34.2 Å². The number of nitrogens with zero attached hydrogens (tertiary/aromatic N) is 2. The van der Waals surface area contributed by atoms with Crippen LogP contribution >= 0.6 is 0 Å². The number of fused-ring (bicyclic) bond motifs is 1. The average Bonchev–Trinajstić information content (AvgIpc) is 3.09. The van der Waals surface area contributed by atoms with Crippen LogP contribution in [0.3, 0.4) is 0 Å². The Kier molecular flexibility index (Phi) is 3.48. The standard InChI is InChI=1S/C15H16N4O2/c16-7-8-17-14(20)10-5-6-13-12(9-10)18-15(21)19(13)11-3-1-2-4-11/h5-6,9,11H,1-4,8H2,(H,17,20)(H,18,21). The number of carbonyl (C=O) groups is 1. The second-order valence-corrected chi connectivity index (χ2v) is 5.31. The number of rotatable bonds is 3. The van der Waals surface area contributed by atoms with Gasteiger partial charge in [-0.1, -0.05) is 12.8 Å². The Morgan fingerprint density at radius 3 is 2.90 bits per heavy atom. The first kappa shape index (κ1) is 13.4. The van der Waals surface area contributed by atoms with E-state index in [9.17, 15) is 9.59 Å². The van der Waals surface area contributed by atoms with Crippen LogP contribution < -0.4 is 11.0 Å². The molecule has 1 heterocycles. The molecule has 0 atom stereocenters. The third-order valence-electron chi connectivity index (χ3n) is 4.00. The van der Waals surface area contributed by atoms with Crippen molar-refractivity contribution in [1.82, 2.24) is 14.9 Å². The molecule has 6 nitrogen and oxygen atoms in total. The molecule has 2 aromatic rings. The number of imidazole rings is 1. The zero-order chi connectivity index (χ0) is 14.8. The lowest BCUT2D eigenvalue weighted by Crippen LogP contribution is -2.23. The molecule has 0 spiro atoms. The van der Waals surface area contributed by atoms with Gasteiger partial charge in [-0.15, -0.1) is 0 Å². The van der Waals surface area contributed by atoms with E-state index in [1.807, 2.05) is 6.07 Å². The number of amides is 1. The number of nitriles is 1. The second kappa shape index (κ2) is 5.44. The van der Waals surface area contributed by atoms with Crippen LogP contribution in [0.15, 0.2) is 23.0 Å². The largest absolute Gasteiger partial charge is 0.339 e. The summed E-state index contributed by atoms with van der Waals surface area (Å²) in [6, 6.07) is 7.26. The van der Waals surface area contributed by atoms with Crippen LogP contribution in [0.1, 0.15) is 42.1 Å². The molecule has 1 saturated carbocycles. The highest BCUT2D eigenvalue weighted by Crippen LogP contribution is 2.30. The van der Waals surface area contributed by atoms with Gasteiger partial charge in [0.25, 0.3) is 5.91 Å². The van der Waals surface area contributed by atoms with Crippen LogP contribution in [-0.4, -0.2) is 22.0 Å². The molecule has 0 radical (unpaired) electrons. The molecule has 0 bridgehead atoms. The van der Waals surface area contributed by atoms with Crippen LogP contribution in [0.5, 0.6) is 0 Å². The monoisotopic (exact) mass is 284 g/mol. The minimum atomic E-state index is -0.312. The minimum Gasteiger partial charge on any atom is -0.339 e. The van der Waals surface area contributed by atoms with Crippen LogP contribution in [0.4, 0.5) is 0 Å². The number of nitrogens with one attached hydrogen (secondary N) is 2. The molecule has 1 aliphatic carbocycles. The van der Waals surface area contributed by atoms with Crippen LogP contribution in [0.2, 0.25) is 0 Å². The Morgan fingerprint density at radius 1 is 1.43 bits per heavy atom. The predicted octanol–water partition coefficient (Wildman–Crippen LogP) is 1.70. The van der Waals surface area contributed by atoms with Gasteiger partial charge >= 0.3 is 5.69 Å². The summed E-state index contributed by atoms with van der Waals surface area (Å²) in [5, 5.41) is 11.0. The third-order valence-corrected chi connectivity index (χ3v) is 4.00. The fourth-order valence-corrected chi connectivity index (χ4v) is 3.02. The van der Waals surface area contributed by atoms with Crippen molar-refractivity contribution in [2.75, 3.05) is 6.54 Å². The maximum atomic E-state index is 12.1. The third kappa shape index (κ3) is 2.42. The normalized spacial score (nSPS) is 15.2. The number of aromatic amines is 1. The van der Waals surface area contributed by atoms with Crippen LogP contribution in [-0.2, 0) is 0 Å². The molecule has 0 saturated heterocycles. The summed E-state index contributed by atoms with van der Waals surface area (Å²) in [7, 11) is 0. The van der Waals surface area contributed by atoms with Gasteiger partial charge in [0.05, 0.1) is 17.1 Å². The highest BCUT2D eigenvalue weighted by molar-refractivity contribution is 5.97. The van der Waals surface area contributed by atoms with E-state index in [1.165, 1.54) is 0 Å². The second-order valence-electron chi connectivity index (χ2n) is 5.31. The summed E-state index contributed by atoms with van der Waals surface area (Å²) in [5.41, 5.74) is 1.82. The number of hydrogen-bond acceptors (Lipinski definition) is 3. The quantitative estimate of drug-likeness (QED) is 0.840. The van der Waals surface area contributed by atoms with Gasteiger partial charge in [-0.05, 0) is 31.0 Å². The summed E-state index contributed by atoms with van der Waals surface area (Å²) in [6.07, 6.45) is 4.35. The van der Waals surface area contributed by atoms with E-state index in [0.717, 1.165) is 31.2 Å². The van der Waals surface area contributed by atoms with Crippen molar-refractivity contribution in [3.63, 3.8) is 0 Å². The molecule has 1 amide bonds. The lowest BCUT2D eigenvalue weighted by Gasteiger charge is -2.11. The van der Waals surface area contributed by atoms with E-state index in [4.69, 9.17) is 5.26 Å². The number of hydrogen-bond donors (Lipinski definition) is 2. The van der Waals surface area contributed by atoms with Crippen molar-refractivity contribution >= 4 is 16.9 Å². The number of carbonyl (C=O) groups excluding carboxylic acids is 1. The summed E-state index contributed by atoms with van der Waals surface area (Å²) in [4.78, 5) is 26.8. The summed E-state index contributed by atoms with van der Waals surface area (Å²) in [5.74, 6) is -0.312. The van der Waals surface area contributed by atoms with Gasteiger partial charge in [0.15, 0.2) is 0 Å². The average molecular weight is 284 g/mol. The van der Waals surface area contributed by atoms with Gasteiger partial charge in [0.2, 0.25) is 0 Å². The molecule has 1 aromatic carbocycles. The Balaban J connectivity index is 1.98. The fourth-order valence-electron chi connectivity index (χ4n) is 3.02. The molecule has 1 aliphatic rings. The van der Waals surface area contributed by atoms with E-state index in [0.29, 0.717) is 11.1 Å². The van der Waals surface area contributed by atoms with Crippen LogP contribution in [0, 0.1) is 11.3 Å². The number of benzene rings is 1. The van der Waals surface area contributed by atoms with Crippen LogP contribution in [0.25, 0.3) is 11.0 Å². The predicted molar refractivity (Wildman–Crippen MR) is 78.0 cm³/mol. The van der Waals surface area contributed by atoms with Crippen molar-refractivity contribution < 1.29 is 4.79 Å². The van der Waals surface area contributed by atoms with Crippen molar-refractivity contribution in [2.45, 2.75) is 31.7 Å². The Labute approximate surface area is 121 Å². The van der Waals surface area contributed by atoms with E-state index in [-0.39, 0.29) is 24.2 Å². The highest BCUT2D eigenvalue weighted by Gasteiger charge is 2.21. The minimum absolute atomic E-state index is 0.0313. The molecule has 3 rings (SSSR count). The number of H-pyrrole nitrogens is 1. The van der Waals surface area contributed by atoms with E-state index < -0.39 is 0 Å². The van der Waals surface area contributed by atoms with Gasteiger partial charge in [0.1, 0.15) is 6.54 Å². The Hall–Kier alpha value is -2.55. The summed E-state index contributed by atoms with van der Waals surface area (Å²) in [6.45, 7) is -0.0313. The topological polar surface area (TPSA) is 90.7 Å².